The van der Waals surface area contributed by atoms with Gasteiger partial charge in [0.05, 0.1) is 6.61 Å². The summed E-state index contributed by atoms with van der Waals surface area (Å²) < 4.78 is 96.1. The first-order valence-corrected chi connectivity index (χ1v) is 20.5. The van der Waals surface area contributed by atoms with Crippen molar-refractivity contribution in [1.82, 2.24) is 0 Å². The molecule has 0 N–H and O–H groups in total. The lowest BCUT2D eigenvalue weighted by atomic mass is 10.3. The maximum Gasteiger partial charge on any atom is 0.389 e. The van der Waals surface area contributed by atoms with Crippen LogP contribution < -0.4 is 0 Å². The molecule has 0 aliphatic carbocycles. The number of alkyl halides is 6. The van der Waals surface area contributed by atoms with Crippen LogP contribution in [-0.4, -0.2) is 50.1 Å². The summed E-state index contributed by atoms with van der Waals surface area (Å²) in [5.41, 5.74) is 0.299. The van der Waals surface area contributed by atoms with Gasteiger partial charge in [0.2, 0.25) is 0 Å². The van der Waals surface area contributed by atoms with Crippen molar-refractivity contribution in [3.05, 3.63) is 12.2 Å². The van der Waals surface area contributed by atoms with Crippen LogP contribution in [0.25, 0.3) is 0 Å². The van der Waals surface area contributed by atoms with Gasteiger partial charge in [-0.2, -0.15) is 26.3 Å². The molecule has 0 saturated heterocycles. The van der Waals surface area contributed by atoms with Gasteiger partial charge >= 0.3 is 26.9 Å². The Bertz CT molecular complexity index is 673. The molecule has 0 aliphatic rings. The van der Waals surface area contributed by atoms with Gasteiger partial charge < -0.3 is 13.0 Å². The van der Waals surface area contributed by atoms with Crippen LogP contribution in [0.5, 0.6) is 0 Å². The Balaban J connectivity index is 5.44. The number of hydrogen-bond acceptors (Lipinski definition) is 4. The van der Waals surface area contributed by atoms with E-state index in [1.807, 2.05) is 20.0 Å². The Morgan fingerprint density at radius 3 is 1.83 bits per heavy atom. The molecule has 2 unspecified atom stereocenters. The molecule has 0 aliphatic heterocycles. The van der Waals surface area contributed by atoms with E-state index in [-0.39, 0.29) is 18.7 Å². The van der Waals surface area contributed by atoms with Gasteiger partial charge in [-0.15, -0.1) is 0 Å². The largest absolute Gasteiger partial charge is 0.462 e. The summed E-state index contributed by atoms with van der Waals surface area (Å²) in [4.78, 5) is 11.5. The Morgan fingerprint density at radius 2 is 1.34 bits per heavy atom. The summed E-state index contributed by atoms with van der Waals surface area (Å²) in [7, 11) is -8.93. The predicted octanol–water partition coefficient (Wildman–Crippen LogP) is 8.48. The fourth-order valence-electron chi connectivity index (χ4n) is 3.77. The summed E-state index contributed by atoms with van der Waals surface area (Å²) in [5.74, 6) is -0.478. The number of carbonyl (C=O) groups is 1. The average molecular weight is 569 g/mol. The second-order valence-corrected chi connectivity index (χ2v) is 22.6. The van der Waals surface area contributed by atoms with Gasteiger partial charge in [0.1, 0.15) is 0 Å². The molecule has 0 radical (unpaired) electrons. The molecule has 0 aromatic rings. The minimum Gasteiger partial charge on any atom is -0.462 e. The smallest absolute Gasteiger partial charge is 0.389 e. The Labute approximate surface area is 209 Å². The molecule has 0 bridgehead atoms. The second kappa shape index (κ2) is 14.3. The van der Waals surface area contributed by atoms with Crippen molar-refractivity contribution in [2.75, 3.05) is 6.61 Å². The molecule has 35 heavy (non-hydrogen) atoms. The quantitative estimate of drug-likeness (QED) is 0.0580. The van der Waals surface area contributed by atoms with Crippen molar-refractivity contribution in [2.45, 2.75) is 115 Å². The fourth-order valence-corrected chi connectivity index (χ4v) is 19.2. The summed E-state index contributed by atoms with van der Waals surface area (Å²) in [6.07, 6.45) is -8.23. The number of hydrogen-bond donors (Lipinski definition) is 0. The molecule has 0 aromatic carbocycles. The molecule has 0 amide bonds. The van der Waals surface area contributed by atoms with Crippen LogP contribution in [0.15, 0.2) is 12.2 Å². The minimum atomic E-state index is -4.41. The van der Waals surface area contributed by atoms with Gasteiger partial charge in [-0.25, -0.2) is 4.79 Å². The van der Waals surface area contributed by atoms with E-state index in [1.54, 1.807) is 20.0 Å². The molecule has 0 aromatic heterocycles. The van der Waals surface area contributed by atoms with Crippen LogP contribution in [0.2, 0.25) is 50.4 Å². The number of esters is 1. The van der Waals surface area contributed by atoms with E-state index >= 15 is 0 Å². The zero-order valence-corrected chi connectivity index (χ0v) is 24.9. The normalized spacial score (nSPS) is 16.5. The fraction of sp³-hybridized carbons (Fsp3) is 0.864. The number of halogens is 6. The zero-order chi connectivity index (χ0) is 27.6. The third-order valence-electron chi connectivity index (χ3n) is 5.57. The van der Waals surface area contributed by atoms with Gasteiger partial charge in [-0.1, -0.05) is 32.8 Å². The van der Waals surface area contributed by atoms with Crippen molar-refractivity contribution in [1.29, 1.82) is 0 Å². The number of unbranched alkanes of at least 4 members (excludes halogenated alkanes) is 2. The van der Waals surface area contributed by atoms with Crippen molar-refractivity contribution >= 4 is 31.2 Å². The lowest BCUT2D eigenvalue weighted by Gasteiger charge is -2.42. The molecular weight excluding hydrogens is 526 g/mol. The zero-order valence-electron chi connectivity index (χ0n) is 21.9. The average Bonchev–Trinajstić information content (AvgIpc) is 2.67. The summed E-state index contributed by atoms with van der Waals surface area (Å²) >= 11 is 0. The minimum absolute atomic E-state index is 0.190. The third-order valence-corrected chi connectivity index (χ3v) is 18.6. The van der Waals surface area contributed by atoms with E-state index in [4.69, 9.17) is 13.0 Å². The van der Waals surface area contributed by atoms with E-state index in [0.717, 1.165) is 6.42 Å². The standard InChI is InChI=1S/C22H42F6O4Si3/c1-8-9-16-34(6,17-12-21(23,24)25)32-35(7,18-13-22(26,27)28)31-33(4,5)15-11-10-14-30-20(29)19(2)3/h2,8-18H2,1,3-7H3. The van der Waals surface area contributed by atoms with Gasteiger partial charge in [0.25, 0.3) is 0 Å². The lowest BCUT2D eigenvalue weighted by molar-refractivity contribution is -0.139. The second-order valence-electron chi connectivity index (χ2n) is 10.3. The van der Waals surface area contributed by atoms with Crippen molar-refractivity contribution in [3.63, 3.8) is 0 Å². The third kappa shape index (κ3) is 17.5. The van der Waals surface area contributed by atoms with Crippen molar-refractivity contribution in [2.24, 2.45) is 0 Å². The Morgan fingerprint density at radius 1 is 0.800 bits per heavy atom. The van der Waals surface area contributed by atoms with E-state index in [9.17, 15) is 31.1 Å². The van der Waals surface area contributed by atoms with Crippen molar-refractivity contribution < 1.29 is 44.1 Å². The summed E-state index contributed by atoms with van der Waals surface area (Å²) in [6.45, 7) is 14.2. The topological polar surface area (TPSA) is 44.8 Å². The Hall–Kier alpha value is -0.639. The van der Waals surface area contributed by atoms with Crippen LogP contribution in [0.4, 0.5) is 26.3 Å². The summed E-state index contributed by atoms with van der Waals surface area (Å²) in [5, 5.41) is 0. The number of ether oxygens (including phenoxy) is 1. The highest BCUT2D eigenvalue weighted by Crippen LogP contribution is 2.37. The molecule has 4 nitrogen and oxygen atoms in total. The van der Waals surface area contributed by atoms with Crippen LogP contribution >= 0.6 is 0 Å². The van der Waals surface area contributed by atoms with E-state index in [1.165, 1.54) is 0 Å². The highest BCUT2D eigenvalue weighted by molar-refractivity contribution is 6.88. The molecule has 0 saturated carbocycles. The number of rotatable bonds is 17. The van der Waals surface area contributed by atoms with E-state index in [2.05, 4.69) is 6.58 Å². The molecule has 0 fully saturated rings. The highest BCUT2D eigenvalue weighted by atomic mass is 28.5. The molecule has 208 valence electrons. The maximum absolute atomic E-state index is 13.1. The van der Waals surface area contributed by atoms with E-state index < -0.39 is 56.4 Å². The van der Waals surface area contributed by atoms with Crippen LogP contribution in [-0.2, 0) is 17.8 Å². The van der Waals surface area contributed by atoms with Crippen LogP contribution in [0.3, 0.4) is 0 Å². The van der Waals surface area contributed by atoms with Crippen LogP contribution in [0, 0.1) is 0 Å². The van der Waals surface area contributed by atoms with Crippen molar-refractivity contribution in [3.8, 4) is 0 Å². The lowest BCUT2D eigenvalue weighted by Crippen LogP contribution is -2.55. The van der Waals surface area contributed by atoms with E-state index in [0.29, 0.717) is 36.9 Å². The molecular formula is C22H42F6O4Si3. The monoisotopic (exact) mass is 568 g/mol. The first-order valence-electron chi connectivity index (χ1n) is 12.1. The van der Waals surface area contributed by atoms with Gasteiger partial charge in [-0.3, -0.25) is 0 Å². The molecule has 0 rings (SSSR count). The Kier molecular flexibility index (Phi) is 14.1. The first kappa shape index (κ1) is 34.4. The molecule has 2 atom stereocenters. The first-order chi connectivity index (χ1) is 15.7. The molecule has 0 heterocycles. The number of carbonyl (C=O) groups excluding carboxylic acids is 1. The SMILES string of the molecule is C=C(C)C(=O)OCCCC[Si](C)(C)O[Si](C)(CCC(F)(F)F)O[Si](C)(CCCC)CCC(F)(F)F. The predicted molar refractivity (Wildman–Crippen MR) is 133 cm³/mol. The van der Waals surface area contributed by atoms with Gasteiger partial charge in [-0.05, 0) is 63.7 Å². The molecule has 13 heteroatoms. The van der Waals surface area contributed by atoms with Gasteiger partial charge in [0, 0.05) is 18.4 Å². The highest BCUT2D eigenvalue weighted by Gasteiger charge is 2.47. The van der Waals surface area contributed by atoms with Crippen LogP contribution in [0.1, 0.15) is 52.4 Å². The maximum atomic E-state index is 13.1. The van der Waals surface area contributed by atoms with Gasteiger partial charge in [0.15, 0.2) is 16.6 Å². The summed E-state index contributed by atoms with van der Waals surface area (Å²) in [6, 6.07) is 0.521. The molecule has 0 spiro atoms.